The highest BCUT2D eigenvalue weighted by Gasteiger charge is 2.24. The Balaban J connectivity index is 1.68. The molecule has 0 spiro atoms. The summed E-state index contributed by atoms with van der Waals surface area (Å²) in [5.41, 5.74) is 1.26. The van der Waals surface area contributed by atoms with Crippen LogP contribution in [0.5, 0.6) is 0 Å². The minimum atomic E-state index is -0.283. The average Bonchev–Trinajstić information content (AvgIpc) is 3.32. The van der Waals surface area contributed by atoms with Crippen molar-refractivity contribution < 1.29 is 4.79 Å². The number of rotatable bonds is 9. The predicted molar refractivity (Wildman–Crippen MR) is 126 cm³/mol. The van der Waals surface area contributed by atoms with Crippen molar-refractivity contribution in [1.82, 2.24) is 19.3 Å². The number of unbranched alkanes of at least 4 members (excludes halogenated alkanes) is 5. The van der Waals surface area contributed by atoms with Gasteiger partial charge in [0.2, 0.25) is 0 Å². The monoisotopic (exact) mass is 435 g/mol. The molecule has 7 nitrogen and oxygen atoms in total. The smallest absolute Gasteiger partial charge is 0.267 e. The Bertz CT molecular complexity index is 1220. The summed E-state index contributed by atoms with van der Waals surface area (Å²) in [5, 5.41) is 12.2. The van der Waals surface area contributed by atoms with Crippen molar-refractivity contribution in [1.29, 1.82) is 5.41 Å². The number of amides is 1. The zero-order chi connectivity index (χ0) is 22.5. The normalized spacial score (nSPS) is 14.4. The van der Waals surface area contributed by atoms with E-state index in [9.17, 15) is 9.59 Å². The molecule has 7 heteroatoms. The van der Waals surface area contributed by atoms with Gasteiger partial charge in [0, 0.05) is 18.8 Å². The van der Waals surface area contributed by atoms with Crippen LogP contribution in [0.2, 0.25) is 0 Å². The first-order valence-electron chi connectivity index (χ1n) is 12.0. The second-order valence-electron chi connectivity index (χ2n) is 8.82. The van der Waals surface area contributed by atoms with E-state index in [1.54, 1.807) is 24.4 Å². The molecule has 1 aliphatic rings. The van der Waals surface area contributed by atoms with Crippen molar-refractivity contribution in [3.8, 4) is 0 Å². The van der Waals surface area contributed by atoms with E-state index < -0.39 is 0 Å². The third-order valence-electron chi connectivity index (χ3n) is 6.51. The van der Waals surface area contributed by atoms with Crippen molar-refractivity contribution in [2.45, 2.75) is 77.2 Å². The third-order valence-corrected chi connectivity index (χ3v) is 6.51. The molecular weight excluding hydrogens is 402 g/mol. The van der Waals surface area contributed by atoms with E-state index in [1.165, 1.54) is 30.1 Å². The maximum absolute atomic E-state index is 13.2. The molecule has 0 unspecified atom stereocenters. The zero-order valence-corrected chi connectivity index (χ0v) is 18.9. The van der Waals surface area contributed by atoms with Crippen LogP contribution in [0.15, 0.2) is 35.3 Å². The minimum Gasteiger partial charge on any atom is -0.352 e. The van der Waals surface area contributed by atoms with Gasteiger partial charge in [0.25, 0.3) is 11.5 Å². The lowest BCUT2D eigenvalue weighted by Crippen LogP contribution is -2.36. The number of pyridine rings is 2. The lowest BCUT2D eigenvalue weighted by Gasteiger charge is -2.19. The van der Waals surface area contributed by atoms with Gasteiger partial charge in [-0.05, 0) is 37.5 Å². The highest BCUT2D eigenvalue weighted by atomic mass is 16.1. The summed E-state index contributed by atoms with van der Waals surface area (Å²) in [6, 6.07) is 7.09. The van der Waals surface area contributed by atoms with E-state index in [2.05, 4.69) is 12.2 Å². The topological polar surface area (TPSA) is 92.2 Å². The Morgan fingerprint density at radius 3 is 2.69 bits per heavy atom. The second kappa shape index (κ2) is 10.1. The molecule has 0 aromatic carbocycles. The summed E-state index contributed by atoms with van der Waals surface area (Å²) in [6.45, 7) is 2.78. The van der Waals surface area contributed by atoms with Crippen molar-refractivity contribution in [2.75, 3.05) is 6.54 Å². The first kappa shape index (κ1) is 22.2. The second-order valence-corrected chi connectivity index (χ2v) is 8.82. The van der Waals surface area contributed by atoms with Crippen LogP contribution in [-0.4, -0.2) is 26.4 Å². The Morgan fingerprint density at radius 1 is 1.16 bits per heavy atom. The number of carbonyl (C=O) groups is 1. The summed E-state index contributed by atoms with van der Waals surface area (Å²) in [7, 11) is 0. The molecule has 4 rings (SSSR count). The fourth-order valence-corrected chi connectivity index (χ4v) is 4.74. The largest absolute Gasteiger partial charge is 0.352 e. The van der Waals surface area contributed by atoms with E-state index in [1.807, 2.05) is 10.6 Å². The number of aromatic nitrogens is 3. The molecule has 0 radical (unpaired) electrons. The lowest BCUT2D eigenvalue weighted by molar-refractivity contribution is 0.0950. The molecule has 170 valence electrons. The highest BCUT2D eigenvalue weighted by Crippen LogP contribution is 2.30. The summed E-state index contributed by atoms with van der Waals surface area (Å²) in [6.07, 6.45) is 12.6. The van der Waals surface area contributed by atoms with Gasteiger partial charge in [0.05, 0.1) is 10.9 Å². The first-order valence-corrected chi connectivity index (χ1v) is 12.0. The average molecular weight is 436 g/mol. The Morgan fingerprint density at radius 2 is 1.91 bits per heavy atom. The van der Waals surface area contributed by atoms with Crippen molar-refractivity contribution in [3.63, 3.8) is 0 Å². The maximum Gasteiger partial charge on any atom is 0.267 e. The molecular formula is C25H33N5O2. The molecule has 3 aromatic heterocycles. The lowest BCUT2D eigenvalue weighted by atomic mass is 10.1. The molecule has 32 heavy (non-hydrogen) atoms. The van der Waals surface area contributed by atoms with Crippen LogP contribution in [0.3, 0.4) is 0 Å². The molecule has 1 amide bonds. The molecule has 2 N–H and O–H groups in total. The zero-order valence-electron chi connectivity index (χ0n) is 18.9. The van der Waals surface area contributed by atoms with E-state index in [0.29, 0.717) is 23.2 Å². The van der Waals surface area contributed by atoms with Crippen LogP contribution in [0.1, 0.15) is 87.5 Å². The van der Waals surface area contributed by atoms with Crippen LogP contribution in [0.25, 0.3) is 16.7 Å². The number of nitrogens with zero attached hydrogens (tertiary/aromatic N) is 3. The van der Waals surface area contributed by atoms with Crippen LogP contribution in [0.4, 0.5) is 0 Å². The van der Waals surface area contributed by atoms with Gasteiger partial charge in [-0.2, -0.15) is 0 Å². The van der Waals surface area contributed by atoms with Crippen LogP contribution < -0.4 is 16.4 Å². The van der Waals surface area contributed by atoms with Crippen molar-refractivity contribution in [3.05, 3.63) is 51.9 Å². The Kier molecular flexibility index (Phi) is 7.02. The number of fused-ring (bicyclic) bond motifs is 2. The number of hydrogen-bond donors (Lipinski definition) is 2. The van der Waals surface area contributed by atoms with Crippen molar-refractivity contribution in [2.24, 2.45) is 0 Å². The molecule has 0 saturated heterocycles. The van der Waals surface area contributed by atoms with Gasteiger partial charge in [0.1, 0.15) is 16.8 Å². The molecule has 3 heterocycles. The predicted octanol–water partition coefficient (Wildman–Crippen LogP) is 4.33. The highest BCUT2D eigenvalue weighted by molar-refractivity contribution is 5.96. The van der Waals surface area contributed by atoms with Crippen molar-refractivity contribution >= 4 is 22.6 Å². The molecule has 1 aliphatic carbocycles. The number of hydrogen-bond acceptors (Lipinski definition) is 4. The van der Waals surface area contributed by atoms with Gasteiger partial charge >= 0.3 is 0 Å². The summed E-state index contributed by atoms with van der Waals surface area (Å²) < 4.78 is 3.33. The van der Waals surface area contributed by atoms with Gasteiger partial charge in [-0.3, -0.25) is 19.4 Å². The van der Waals surface area contributed by atoms with Crippen LogP contribution in [-0.2, 0) is 0 Å². The molecule has 0 bridgehead atoms. The van der Waals surface area contributed by atoms with Crippen LogP contribution in [0, 0.1) is 5.41 Å². The quantitative estimate of drug-likeness (QED) is 0.387. The standard InChI is InChI=1S/C25H33N5O2/c1-2-3-4-5-6-10-15-27-24(31)19-17-20-23(30(22(19)26)18-12-7-8-13-18)28-21-14-9-11-16-29(21)25(20)32/h9,11,14,16-18,26H,2-8,10,12-13,15H2,1H3,(H,27,31). The fourth-order valence-electron chi connectivity index (χ4n) is 4.74. The Hall–Kier alpha value is -2.96. The number of carbonyl (C=O) groups excluding carboxylic acids is 1. The molecule has 1 fully saturated rings. The van der Waals surface area contributed by atoms with E-state index in [0.717, 1.165) is 38.5 Å². The summed E-state index contributed by atoms with van der Waals surface area (Å²) >= 11 is 0. The number of nitrogens with one attached hydrogen (secondary N) is 2. The summed E-state index contributed by atoms with van der Waals surface area (Å²) in [4.78, 5) is 31.0. The molecule has 1 saturated carbocycles. The summed E-state index contributed by atoms with van der Waals surface area (Å²) in [5.74, 6) is -0.283. The minimum absolute atomic E-state index is 0.0920. The SMILES string of the molecule is CCCCCCCCNC(=O)c1cc2c(=O)n3ccccc3nc2n(C2CCCC2)c1=N. The molecule has 3 aromatic rings. The van der Waals surface area contributed by atoms with E-state index in [4.69, 9.17) is 10.4 Å². The van der Waals surface area contributed by atoms with Gasteiger partial charge in [-0.25, -0.2) is 4.98 Å². The van der Waals surface area contributed by atoms with Gasteiger partial charge in [0.15, 0.2) is 0 Å². The van der Waals surface area contributed by atoms with E-state index in [-0.39, 0.29) is 28.6 Å². The van der Waals surface area contributed by atoms with E-state index >= 15 is 0 Å². The fraction of sp³-hybridized carbons (Fsp3) is 0.520. The molecule has 0 atom stereocenters. The Labute approximate surface area is 188 Å². The van der Waals surface area contributed by atoms with Crippen LogP contribution >= 0.6 is 0 Å². The third kappa shape index (κ3) is 4.47. The van der Waals surface area contributed by atoms with Gasteiger partial charge in [-0.15, -0.1) is 0 Å². The molecule has 0 aliphatic heterocycles. The first-order chi connectivity index (χ1) is 15.6. The maximum atomic E-state index is 13.2. The van der Waals surface area contributed by atoms with Gasteiger partial charge < -0.3 is 9.88 Å². The van der Waals surface area contributed by atoms with Gasteiger partial charge in [-0.1, -0.05) is 57.9 Å².